The summed E-state index contributed by atoms with van der Waals surface area (Å²) in [6.45, 7) is 12.1. The summed E-state index contributed by atoms with van der Waals surface area (Å²) in [5.41, 5.74) is 5.61. The van der Waals surface area contributed by atoms with E-state index in [9.17, 15) is 19.2 Å². The average molecular weight is 645 g/mol. The fourth-order valence-electron chi connectivity index (χ4n) is 3.24. The van der Waals surface area contributed by atoms with Crippen LogP contribution >= 0.6 is 0 Å². The highest BCUT2D eigenvalue weighted by Gasteiger charge is 2.13. The predicted molar refractivity (Wildman–Crippen MR) is 184 cm³/mol. The van der Waals surface area contributed by atoms with Gasteiger partial charge in [0.05, 0.1) is 26.3 Å². The van der Waals surface area contributed by atoms with Crippen LogP contribution < -0.4 is 21.6 Å². The van der Waals surface area contributed by atoms with Crippen molar-refractivity contribution in [3.05, 3.63) is 77.4 Å². The molecule has 4 N–H and O–H groups in total. The van der Waals surface area contributed by atoms with Crippen LogP contribution in [-0.2, 0) is 40.2 Å². The first-order chi connectivity index (χ1) is 22.1. The summed E-state index contributed by atoms with van der Waals surface area (Å²) < 4.78 is 5.11. The molecule has 258 valence electrons. The maximum Gasteiger partial charge on any atom is 0.306 e. The Hall–Kier alpha value is -3.74. The van der Waals surface area contributed by atoms with Gasteiger partial charge in [-0.25, -0.2) is 0 Å². The van der Waals surface area contributed by atoms with Crippen molar-refractivity contribution in [3.63, 3.8) is 0 Å². The Morgan fingerprint density at radius 1 is 0.913 bits per heavy atom. The molecule has 0 saturated heterocycles. The van der Waals surface area contributed by atoms with Crippen molar-refractivity contribution in [2.45, 2.75) is 66.0 Å². The van der Waals surface area contributed by atoms with E-state index in [4.69, 9.17) is 4.74 Å². The molecule has 2 aromatic rings. The Kier molecular flexibility index (Phi) is 30.2. The lowest BCUT2D eigenvalue weighted by Gasteiger charge is -2.15. The third-order valence-electron chi connectivity index (χ3n) is 5.84. The van der Waals surface area contributed by atoms with Gasteiger partial charge in [-0.15, -0.1) is 0 Å². The van der Waals surface area contributed by atoms with Crippen LogP contribution in [0, 0.1) is 5.92 Å². The van der Waals surface area contributed by atoms with Gasteiger partial charge in [0.15, 0.2) is 0 Å². The Bertz CT molecular complexity index is 1060. The molecule has 0 heterocycles. The van der Waals surface area contributed by atoms with Gasteiger partial charge in [0.1, 0.15) is 19.2 Å². The average Bonchev–Trinajstić information content (AvgIpc) is 3.06. The predicted octanol–water partition coefficient (Wildman–Crippen LogP) is 4.39. The first-order valence-electron chi connectivity index (χ1n) is 15.4. The molecule has 2 aromatic carbocycles. The van der Waals surface area contributed by atoms with Crippen molar-refractivity contribution < 1.29 is 33.6 Å². The quantitative estimate of drug-likeness (QED) is 0.0644. The summed E-state index contributed by atoms with van der Waals surface area (Å²) in [6.07, 6.45) is 6.16. The SMILES string of the molecule is CC(C)c1ccc(/C=C/C=O)cc1.CCONOC.CNCC(=O)NC(C=O)C(C)C.CNCCCC(=O)OCc1ccccc1. The van der Waals surface area contributed by atoms with Crippen LogP contribution in [0.2, 0.25) is 0 Å². The molecule has 0 bridgehead atoms. The van der Waals surface area contributed by atoms with Gasteiger partial charge in [-0.3, -0.25) is 24.1 Å². The first kappa shape index (κ1) is 44.4. The number of benzene rings is 2. The molecule has 0 fully saturated rings. The van der Waals surface area contributed by atoms with E-state index in [0.717, 1.165) is 36.7 Å². The van der Waals surface area contributed by atoms with Crippen LogP contribution in [0.4, 0.5) is 0 Å². The maximum absolute atomic E-state index is 11.2. The van der Waals surface area contributed by atoms with Gasteiger partial charge in [-0.05, 0) is 68.6 Å². The van der Waals surface area contributed by atoms with Crippen LogP contribution in [0.1, 0.15) is 70.1 Å². The number of carbonyl (C=O) groups is 4. The lowest BCUT2D eigenvalue weighted by molar-refractivity contribution is -0.147. The number of esters is 1. The van der Waals surface area contributed by atoms with Gasteiger partial charge >= 0.3 is 5.97 Å². The fourth-order valence-corrected chi connectivity index (χ4v) is 3.24. The Labute approximate surface area is 275 Å². The number of aldehydes is 2. The molecule has 0 aliphatic rings. The topological polar surface area (TPSA) is 144 Å². The molecule has 1 atom stereocenters. The first-order valence-corrected chi connectivity index (χ1v) is 15.4. The molecule has 0 saturated carbocycles. The van der Waals surface area contributed by atoms with Crippen molar-refractivity contribution in [2.75, 3.05) is 40.9 Å². The van der Waals surface area contributed by atoms with E-state index < -0.39 is 0 Å². The van der Waals surface area contributed by atoms with Crippen LogP contribution in [0.15, 0.2) is 60.7 Å². The molecule has 1 amide bonds. The Balaban J connectivity index is 0. The largest absolute Gasteiger partial charge is 0.461 e. The number of hydrogen-bond acceptors (Lipinski definition) is 10. The molecule has 1 unspecified atom stereocenters. The summed E-state index contributed by atoms with van der Waals surface area (Å²) in [6, 6.07) is 17.6. The zero-order valence-electron chi connectivity index (χ0n) is 28.8. The van der Waals surface area contributed by atoms with Crippen molar-refractivity contribution in [1.29, 1.82) is 0 Å². The fraction of sp³-hybridized carbons (Fsp3) is 0.486. The van der Waals surface area contributed by atoms with Gasteiger partial charge in [0, 0.05) is 6.42 Å². The Morgan fingerprint density at radius 2 is 1.57 bits per heavy atom. The van der Waals surface area contributed by atoms with Gasteiger partial charge in [-0.1, -0.05) is 94.0 Å². The second kappa shape index (κ2) is 31.3. The molecular weight excluding hydrogens is 588 g/mol. The molecule has 0 aliphatic heterocycles. The van der Waals surface area contributed by atoms with Crippen molar-refractivity contribution in [3.8, 4) is 0 Å². The van der Waals surface area contributed by atoms with Crippen LogP contribution in [0.5, 0.6) is 0 Å². The summed E-state index contributed by atoms with van der Waals surface area (Å²) in [5, 5.41) is 8.29. The highest BCUT2D eigenvalue weighted by molar-refractivity contribution is 5.81. The minimum Gasteiger partial charge on any atom is -0.461 e. The zero-order valence-corrected chi connectivity index (χ0v) is 28.8. The third-order valence-corrected chi connectivity index (χ3v) is 5.84. The number of likely N-dealkylation sites (N-methyl/N-ethyl adjacent to an activating group) is 1. The number of hydrogen-bond donors (Lipinski definition) is 4. The second-order valence-electron chi connectivity index (χ2n) is 10.4. The third kappa shape index (κ3) is 26.6. The highest BCUT2D eigenvalue weighted by atomic mass is 16.9. The van der Waals surface area contributed by atoms with Crippen LogP contribution in [0.3, 0.4) is 0 Å². The maximum atomic E-state index is 11.2. The molecule has 2 rings (SSSR count). The Morgan fingerprint density at radius 3 is 2.02 bits per heavy atom. The van der Waals surface area contributed by atoms with Crippen molar-refractivity contribution in [2.24, 2.45) is 5.92 Å². The minimum atomic E-state index is -0.370. The number of allylic oxidation sites excluding steroid dienone is 1. The van der Waals surface area contributed by atoms with Crippen molar-refractivity contribution >= 4 is 30.5 Å². The number of carbonyl (C=O) groups excluding carboxylic acids is 4. The summed E-state index contributed by atoms with van der Waals surface area (Å²) >= 11 is 0. The molecule has 0 aromatic heterocycles. The zero-order chi connectivity index (χ0) is 35.0. The van der Waals surface area contributed by atoms with Crippen LogP contribution in [0.25, 0.3) is 6.08 Å². The normalized spacial score (nSPS) is 10.8. The van der Waals surface area contributed by atoms with E-state index in [0.29, 0.717) is 25.6 Å². The molecule has 11 nitrogen and oxygen atoms in total. The van der Waals surface area contributed by atoms with Crippen LogP contribution in [-0.4, -0.2) is 71.4 Å². The highest BCUT2D eigenvalue weighted by Crippen LogP contribution is 2.15. The van der Waals surface area contributed by atoms with E-state index in [2.05, 4.69) is 57.2 Å². The van der Waals surface area contributed by atoms with Crippen molar-refractivity contribution in [1.82, 2.24) is 21.6 Å². The van der Waals surface area contributed by atoms with E-state index in [-0.39, 0.29) is 30.4 Å². The van der Waals surface area contributed by atoms with Gasteiger partial charge in [-0.2, -0.15) is 0 Å². The molecular formula is C35H56N4O7. The minimum absolute atomic E-state index is 0.130. The smallest absolute Gasteiger partial charge is 0.306 e. The lowest BCUT2D eigenvalue weighted by Crippen LogP contribution is -2.43. The molecule has 11 heteroatoms. The molecule has 46 heavy (non-hydrogen) atoms. The number of rotatable bonds is 17. The van der Waals surface area contributed by atoms with Gasteiger partial charge in [0.25, 0.3) is 0 Å². The molecule has 0 spiro atoms. The standard InChI is InChI=1S/C12H17NO2.C12H14O.C8H16N2O2.C3H9NO2/c1-13-9-5-8-12(14)15-10-11-6-3-2-4-7-11;1-10(2)12-7-5-11(6-8-12)4-3-9-13;1-6(2)7(5-11)10-8(12)4-9-3;1-3-6-4-5-2/h2-4,6-7,13H,5,8-10H2,1H3;3-10H,1-2H3;5-7,9H,4H2,1-3H3,(H,10,12);4H,3H2,1-2H3/b;4-3+;;. The summed E-state index contributed by atoms with van der Waals surface area (Å²) in [4.78, 5) is 51.6. The second-order valence-corrected chi connectivity index (χ2v) is 10.4. The van der Waals surface area contributed by atoms with E-state index in [1.165, 1.54) is 18.7 Å². The van der Waals surface area contributed by atoms with E-state index in [1.54, 1.807) is 13.1 Å². The molecule has 0 aliphatic carbocycles. The number of amides is 1. The van der Waals surface area contributed by atoms with E-state index >= 15 is 0 Å². The summed E-state index contributed by atoms with van der Waals surface area (Å²) in [5.74, 6) is 0.421. The van der Waals surface area contributed by atoms with Gasteiger partial charge < -0.3 is 25.5 Å². The number of ether oxygens (including phenoxy) is 1. The monoisotopic (exact) mass is 644 g/mol. The molecule has 0 radical (unpaired) electrons. The van der Waals surface area contributed by atoms with Gasteiger partial charge in [0.2, 0.25) is 5.91 Å². The van der Waals surface area contributed by atoms with E-state index in [1.807, 2.05) is 70.3 Å². The lowest BCUT2D eigenvalue weighted by atomic mass is 10.0. The number of nitrogens with one attached hydrogen (secondary N) is 4. The summed E-state index contributed by atoms with van der Waals surface area (Å²) in [7, 11) is 5.05.